The van der Waals surface area contributed by atoms with Gasteiger partial charge in [0.05, 0.1) is 6.42 Å². The second kappa shape index (κ2) is 4.64. The minimum atomic E-state index is -1.21. The first kappa shape index (κ1) is 9.86. The van der Waals surface area contributed by atoms with Gasteiger partial charge in [0.15, 0.2) is 0 Å². The fourth-order valence-corrected chi connectivity index (χ4v) is 0.564. The number of hydrogen-bond acceptors (Lipinski definition) is 4. The third kappa shape index (κ3) is 4.29. The van der Waals surface area contributed by atoms with Crippen LogP contribution in [0.2, 0.25) is 0 Å². The summed E-state index contributed by atoms with van der Waals surface area (Å²) in [6, 6.07) is -1.10. The van der Waals surface area contributed by atoms with Crippen LogP contribution in [0.25, 0.3) is 0 Å². The molecule has 0 unspecified atom stereocenters. The van der Waals surface area contributed by atoms with E-state index in [0.717, 1.165) is 0 Å². The standard InChI is InChI=1S/C5H10N2O4/c6-2-7-3(5(10)11)1-4(8)9/h3,7H,1-2,6H2,(H,8,9)(H,10,11)/t3-/m0/s1. The van der Waals surface area contributed by atoms with Crippen molar-refractivity contribution in [2.45, 2.75) is 12.5 Å². The second-order valence-electron chi connectivity index (χ2n) is 1.90. The van der Waals surface area contributed by atoms with Crippen LogP contribution in [0.15, 0.2) is 0 Å². The molecule has 0 aliphatic rings. The molecular formula is C5H10N2O4. The lowest BCUT2D eigenvalue weighted by Crippen LogP contribution is -2.41. The van der Waals surface area contributed by atoms with Crippen molar-refractivity contribution in [3.05, 3.63) is 0 Å². The quantitative estimate of drug-likeness (QED) is 0.363. The molecule has 11 heavy (non-hydrogen) atoms. The molecule has 64 valence electrons. The fraction of sp³-hybridized carbons (Fsp3) is 0.600. The normalized spacial score (nSPS) is 12.5. The Balaban J connectivity index is 3.89. The van der Waals surface area contributed by atoms with Crippen molar-refractivity contribution in [2.24, 2.45) is 5.73 Å². The van der Waals surface area contributed by atoms with Crippen LogP contribution in [0.3, 0.4) is 0 Å². The van der Waals surface area contributed by atoms with E-state index in [1.54, 1.807) is 0 Å². The molecule has 0 aromatic carbocycles. The second-order valence-corrected chi connectivity index (χ2v) is 1.90. The van der Waals surface area contributed by atoms with Gasteiger partial charge in [-0.05, 0) is 0 Å². The van der Waals surface area contributed by atoms with Crippen molar-refractivity contribution in [1.82, 2.24) is 5.32 Å². The number of carbonyl (C=O) groups is 2. The van der Waals surface area contributed by atoms with E-state index < -0.39 is 24.4 Å². The molecule has 0 rings (SSSR count). The zero-order valence-electron chi connectivity index (χ0n) is 5.78. The van der Waals surface area contributed by atoms with Gasteiger partial charge >= 0.3 is 11.9 Å². The highest BCUT2D eigenvalue weighted by Crippen LogP contribution is 1.90. The van der Waals surface area contributed by atoms with Crippen molar-refractivity contribution in [2.75, 3.05) is 6.67 Å². The third-order valence-corrected chi connectivity index (χ3v) is 1.04. The summed E-state index contributed by atoms with van der Waals surface area (Å²) in [6.45, 7) is -0.0513. The predicted molar refractivity (Wildman–Crippen MR) is 35.9 cm³/mol. The number of nitrogens with one attached hydrogen (secondary N) is 1. The first-order chi connectivity index (χ1) is 5.07. The van der Waals surface area contributed by atoms with E-state index >= 15 is 0 Å². The Labute approximate surface area is 63.0 Å². The van der Waals surface area contributed by atoms with Crippen LogP contribution in [-0.4, -0.2) is 34.9 Å². The van der Waals surface area contributed by atoms with Gasteiger partial charge < -0.3 is 15.9 Å². The van der Waals surface area contributed by atoms with Gasteiger partial charge in [0, 0.05) is 6.67 Å². The molecule has 0 aromatic heterocycles. The summed E-state index contributed by atoms with van der Waals surface area (Å²) >= 11 is 0. The number of hydrogen-bond donors (Lipinski definition) is 4. The summed E-state index contributed by atoms with van der Waals surface area (Å²) in [6.07, 6.45) is -0.466. The maximum absolute atomic E-state index is 10.2. The SMILES string of the molecule is NCN[C@@H](CC(=O)O)C(=O)O. The molecule has 6 heteroatoms. The minimum absolute atomic E-state index is 0.0513. The van der Waals surface area contributed by atoms with Crippen LogP contribution in [0.5, 0.6) is 0 Å². The Bertz CT molecular complexity index is 159. The van der Waals surface area contributed by atoms with Crippen LogP contribution in [0.4, 0.5) is 0 Å². The lowest BCUT2D eigenvalue weighted by atomic mass is 10.2. The van der Waals surface area contributed by atoms with Crippen LogP contribution >= 0.6 is 0 Å². The largest absolute Gasteiger partial charge is 0.481 e. The number of carboxylic acids is 2. The first-order valence-electron chi connectivity index (χ1n) is 2.96. The smallest absolute Gasteiger partial charge is 0.321 e. The van der Waals surface area contributed by atoms with Gasteiger partial charge in [0.2, 0.25) is 0 Å². The Morgan fingerprint density at radius 1 is 1.45 bits per heavy atom. The van der Waals surface area contributed by atoms with Gasteiger partial charge in [-0.15, -0.1) is 0 Å². The van der Waals surface area contributed by atoms with E-state index in [2.05, 4.69) is 5.32 Å². The highest BCUT2D eigenvalue weighted by atomic mass is 16.4. The average molecular weight is 162 g/mol. The van der Waals surface area contributed by atoms with Crippen LogP contribution in [0.1, 0.15) is 6.42 Å². The third-order valence-electron chi connectivity index (χ3n) is 1.04. The van der Waals surface area contributed by atoms with E-state index in [1.165, 1.54) is 0 Å². The molecule has 0 bridgehead atoms. The molecule has 0 saturated heterocycles. The summed E-state index contributed by atoms with van der Waals surface area (Å²) in [4.78, 5) is 20.3. The minimum Gasteiger partial charge on any atom is -0.481 e. The van der Waals surface area contributed by atoms with Crippen LogP contribution < -0.4 is 11.1 Å². The summed E-state index contributed by atoms with van der Waals surface area (Å²) in [5.74, 6) is -2.38. The maximum atomic E-state index is 10.2. The Morgan fingerprint density at radius 3 is 2.27 bits per heavy atom. The van der Waals surface area contributed by atoms with E-state index in [4.69, 9.17) is 15.9 Å². The molecule has 0 aliphatic heterocycles. The number of nitrogens with two attached hydrogens (primary N) is 1. The summed E-state index contributed by atoms with van der Waals surface area (Å²) in [5.41, 5.74) is 4.98. The molecule has 0 aliphatic carbocycles. The zero-order valence-corrected chi connectivity index (χ0v) is 5.78. The molecule has 0 fully saturated rings. The highest BCUT2D eigenvalue weighted by molar-refractivity contribution is 5.80. The Hall–Kier alpha value is -1.14. The van der Waals surface area contributed by atoms with Crippen molar-refractivity contribution >= 4 is 11.9 Å². The molecule has 0 amide bonds. The average Bonchev–Trinajstić information content (AvgIpc) is 1.86. The van der Waals surface area contributed by atoms with Crippen LogP contribution in [0, 0.1) is 0 Å². The number of rotatable bonds is 5. The van der Waals surface area contributed by atoms with E-state index in [1.807, 2.05) is 0 Å². The molecule has 0 aromatic rings. The first-order valence-corrected chi connectivity index (χ1v) is 2.96. The van der Waals surface area contributed by atoms with Crippen molar-refractivity contribution < 1.29 is 19.8 Å². The van der Waals surface area contributed by atoms with E-state index in [-0.39, 0.29) is 6.67 Å². The highest BCUT2D eigenvalue weighted by Gasteiger charge is 2.18. The molecule has 0 radical (unpaired) electrons. The van der Waals surface area contributed by atoms with Crippen molar-refractivity contribution in [3.63, 3.8) is 0 Å². The topological polar surface area (TPSA) is 113 Å². The van der Waals surface area contributed by atoms with Gasteiger partial charge in [0.1, 0.15) is 6.04 Å². The summed E-state index contributed by atoms with van der Waals surface area (Å²) in [5, 5.41) is 18.9. The Kier molecular flexibility index (Phi) is 4.16. The lowest BCUT2D eigenvalue weighted by Gasteiger charge is -2.08. The van der Waals surface area contributed by atoms with Gasteiger partial charge in [-0.25, -0.2) is 0 Å². The number of aliphatic carboxylic acids is 2. The molecular weight excluding hydrogens is 152 g/mol. The zero-order chi connectivity index (χ0) is 8.85. The van der Waals surface area contributed by atoms with Crippen molar-refractivity contribution in [3.8, 4) is 0 Å². The number of carboxylic acid groups (broad SMARTS) is 2. The molecule has 6 nitrogen and oxygen atoms in total. The van der Waals surface area contributed by atoms with E-state index in [9.17, 15) is 9.59 Å². The molecule has 0 saturated carbocycles. The maximum Gasteiger partial charge on any atom is 0.321 e. The van der Waals surface area contributed by atoms with Gasteiger partial charge in [-0.1, -0.05) is 0 Å². The predicted octanol–water partition coefficient (Wildman–Crippen LogP) is -1.58. The lowest BCUT2D eigenvalue weighted by molar-refractivity contribution is -0.145. The van der Waals surface area contributed by atoms with Crippen LogP contribution in [-0.2, 0) is 9.59 Å². The molecule has 0 heterocycles. The van der Waals surface area contributed by atoms with E-state index in [0.29, 0.717) is 0 Å². The van der Waals surface area contributed by atoms with Gasteiger partial charge in [0.25, 0.3) is 0 Å². The summed E-state index contributed by atoms with van der Waals surface area (Å²) < 4.78 is 0. The van der Waals surface area contributed by atoms with Gasteiger partial charge in [-0.3, -0.25) is 14.9 Å². The molecule has 5 N–H and O–H groups in total. The molecule has 1 atom stereocenters. The monoisotopic (exact) mass is 162 g/mol. The fourth-order valence-electron chi connectivity index (χ4n) is 0.564. The van der Waals surface area contributed by atoms with Crippen molar-refractivity contribution in [1.29, 1.82) is 0 Å². The van der Waals surface area contributed by atoms with Gasteiger partial charge in [-0.2, -0.15) is 0 Å². The Morgan fingerprint density at radius 2 is 2.00 bits per heavy atom. The summed E-state index contributed by atoms with van der Waals surface area (Å²) in [7, 11) is 0. The molecule has 0 spiro atoms.